The Labute approximate surface area is 84.3 Å². The highest BCUT2D eigenvalue weighted by atomic mass is 16.1. The molecule has 1 aliphatic heterocycles. The smallest absolute Gasteiger partial charge is 0.220 e. The van der Waals surface area contributed by atoms with E-state index in [9.17, 15) is 4.79 Å². The van der Waals surface area contributed by atoms with E-state index in [4.69, 9.17) is 0 Å². The van der Waals surface area contributed by atoms with Crippen molar-refractivity contribution in [1.29, 1.82) is 0 Å². The van der Waals surface area contributed by atoms with Crippen molar-refractivity contribution < 1.29 is 4.79 Å². The number of amides is 1. The number of piperidine rings is 1. The Morgan fingerprint density at radius 2 is 2.00 bits per heavy atom. The van der Waals surface area contributed by atoms with Gasteiger partial charge >= 0.3 is 0 Å². The van der Waals surface area contributed by atoms with E-state index < -0.39 is 0 Å². The highest BCUT2D eigenvalue weighted by molar-refractivity contribution is 5.77. The molecule has 1 heterocycles. The van der Waals surface area contributed by atoms with Crippen LogP contribution >= 0.6 is 0 Å². The molecule has 1 saturated heterocycles. The molecule has 2 rings (SSSR count). The van der Waals surface area contributed by atoms with Crippen LogP contribution < -0.4 is 5.32 Å². The zero-order valence-corrected chi connectivity index (χ0v) is 8.36. The number of carbonyl (C=O) groups excluding carboxylic acids is 1. The van der Waals surface area contributed by atoms with Crippen LogP contribution in [0.2, 0.25) is 0 Å². The summed E-state index contributed by atoms with van der Waals surface area (Å²) in [5.74, 6) is 1.11. The van der Waals surface area contributed by atoms with Gasteiger partial charge in [-0.15, -0.1) is 0 Å². The summed E-state index contributed by atoms with van der Waals surface area (Å²) in [5, 5.41) is 2.89. The lowest BCUT2D eigenvalue weighted by Crippen LogP contribution is -2.38. The normalized spacial score (nSPS) is 27.1. The monoisotopic (exact) mass is 189 g/mol. The summed E-state index contributed by atoms with van der Waals surface area (Å²) in [5.41, 5.74) is 1.29. The number of benzene rings is 1. The molecule has 0 unspecified atom stereocenters. The Balaban J connectivity index is 2.20. The molecule has 1 aromatic carbocycles. The Morgan fingerprint density at radius 1 is 1.29 bits per heavy atom. The second-order valence-electron chi connectivity index (χ2n) is 4.00. The number of carbonyl (C=O) groups is 1. The summed E-state index contributed by atoms with van der Waals surface area (Å²) in [6.07, 6.45) is 0.630. The molecule has 0 radical (unpaired) electrons. The average molecular weight is 189 g/mol. The van der Waals surface area contributed by atoms with Crippen molar-refractivity contribution in [3.63, 3.8) is 0 Å². The summed E-state index contributed by atoms with van der Waals surface area (Å²) >= 11 is 0. The Bertz CT molecular complexity index is 320. The van der Waals surface area contributed by atoms with Gasteiger partial charge < -0.3 is 5.32 Å². The van der Waals surface area contributed by atoms with Gasteiger partial charge in [0.2, 0.25) is 5.91 Å². The quantitative estimate of drug-likeness (QED) is 0.718. The van der Waals surface area contributed by atoms with Gasteiger partial charge in [-0.05, 0) is 17.4 Å². The van der Waals surface area contributed by atoms with Crippen LogP contribution in [0.4, 0.5) is 0 Å². The van der Waals surface area contributed by atoms with E-state index in [2.05, 4.69) is 24.4 Å². The second kappa shape index (κ2) is 3.82. The number of nitrogens with one attached hydrogen (secondary N) is 1. The van der Waals surface area contributed by atoms with Gasteiger partial charge in [0.1, 0.15) is 0 Å². The first-order valence-corrected chi connectivity index (χ1v) is 5.09. The molecule has 0 aromatic heterocycles. The van der Waals surface area contributed by atoms with Gasteiger partial charge in [0, 0.05) is 13.0 Å². The van der Waals surface area contributed by atoms with Crippen LogP contribution in [0.5, 0.6) is 0 Å². The first-order valence-electron chi connectivity index (χ1n) is 5.09. The van der Waals surface area contributed by atoms with Crippen molar-refractivity contribution in [2.24, 2.45) is 5.92 Å². The van der Waals surface area contributed by atoms with Gasteiger partial charge in [-0.3, -0.25) is 4.79 Å². The fourth-order valence-electron chi connectivity index (χ4n) is 2.04. The molecule has 1 amide bonds. The van der Waals surface area contributed by atoms with Gasteiger partial charge in [0.15, 0.2) is 0 Å². The zero-order chi connectivity index (χ0) is 9.97. The van der Waals surface area contributed by atoms with Crippen molar-refractivity contribution in [1.82, 2.24) is 5.32 Å². The predicted molar refractivity (Wildman–Crippen MR) is 56.0 cm³/mol. The third-order valence-corrected chi connectivity index (χ3v) is 2.94. The Hall–Kier alpha value is -1.31. The van der Waals surface area contributed by atoms with E-state index in [-0.39, 0.29) is 5.91 Å². The average Bonchev–Trinajstić information content (AvgIpc) is 2.23. The van der Waals surface area contributed by atoms with E-state index in [1.807, 2.05) is 18.2 Å². The molecule has 14 heavy (non-hydrogen) atoms. The molecule has 0 spiro atoms. The van der Waals surface area contributed by atoms with Crippen LogP contribution in [0.25, 0.3) is 0 Å². The molecule has 2 nitrogen and oxygen atoms in total. The van der Waals surface area contributed by atoms with Crippen molar-refractivity contribution >= 4 is 5.91 Å². The third kappa shape index (κ3) is 1.79. The maximum Gasteiger partial charge on any atom is 0.220 e. The molecule has 0 bridgehead atoms. The van der Waals surface area contributed by atoms with Gasteiger partial charge in [-0.25, -0.2) is 0 Å². The third-order valence-electron chi connectivity index (χ3n) is 2.94. The van der Waals surface area contributed by atoms with Crippen molar-refractivity contribution in [2.75, 3.05) is 6.54 Å². The molecule has 1 aromatic rings. The highest BCUT2D eigenvalue weighted by Crippen LogP contribution is 2.29. The lowest BCUT2D eigenvalue weighted by molar-refractivity contribution is -0.123. The maximum absolute atomic E-state index is 11.3. The van der Waals surface area contributed by atoms with Gasteiger partial charge in [0.05, 0.1) is 0 Å². The molecule has 1 aliphatic rings. The minimum Gasteiger partial charge on any atom is -0.356 e. The Kier molecular flexibility index (Phi) is 2.53. The van der Waals surface area contributed by atoms with Crippen LogP contribution in [0.15, 0.2) is 30.3 Å². The fourth-order valence-corrected chi connectivity index (χ4v) is 2.04. The maximum atomic E-state index is 11.3. The topological polar surface area (TPSA) is 29.1 Å². The molecule has 74 valence electrons. The number of hydrogen-bond donors (Lipinski definition) is 1. The number of rotatable bonds is 1. The van der Waals surface area contributed by atoms with Crippen molar-refractivity contribution in [3.8, 4) is 0 Å². The molecule has 1 fully saturated rings. The summed E-state index contributed by atoms with van der Waals surface area (Å²) in [7, 11) is 0. The van der Waals surface area contributed by atoms with Gasteiger partial charge in [-0.1, -0.05) is 37.3 Å². The standard InChI is InChI=1S/C12H15NO/c1-9-8-13-12(14)7-11(9)10-5-3-2-4-6-10/h2-6,9,11H,7-8H2,1H3,(H,13,14)/t9-,11-/m0/s1. The van der Waals surface area contributed by atoms with Crippen LogP contribution in [0.1, 0.15) is 24.8 Å². The highest BCUT2D eigenvalue weighted by Gasteiger charge is 2.26. The second-order valence-corrected chi connectivity index (χ2v) is 4.00. The summed E-state index contributed by atoms with van der Waals surface area (Å²) in [6, 6.07) is 10.3. The zero-order valence-electron chi connectivity index (χ0n) is 8.36. The largest absolute Gasteiger partial charge is 0.356 e. The summed E-state index contributed by atoms with van der Waals surface area (Å²) in [6.45, 7) is 3.00. The molecule has 2 atom stereocenters. The minimum atomic E-state index is 0.178. The van der Waals surface area contributed by atoms with E-state index in [0.717, 1.165) is 6.54 Å². The van der Waals surface area contributed by atoms with Crippen molar-refractivity contribution in [3.05, 3.63) is 35.9 Å². The predicted octanol–water partition coefficient (Wildman–Crippen LogP) is 1.93. The summed E-state index contributed by atoms with van der Waals surface area (Å²) in [4.78, 5) is 11.3. The minimum absolute atomic E-state index is 0.178. The molecular weight excluding hydrogens is 174 g/mol. The SMILES string of the molecule is C[C@H]1CNC(=O)C[C@@H]1c1ccccc1. The molecule has 0 aliphatic carbocycles. The van der Waals surface area contributed by atoms with Crippen LogP contribution in [0, 0.1) is 5.92 Å². The van der Waals surface area contributed by atoms with Crippen molar-refractivity contribution in [2.45, 2.75) is 19.3 Å². The molecular formula is C12H15NO. The lowest BCUT2D eigenvalue weighted by atomic mass is 9.82. The number of hydrogen-bond acceptors (Lipinski definition) is 1. The van der Waals surface area contributed by atoms with Gasteiger partial charge in [0.25, 0.3) is 0 Å². The molecule has 0 saturated carbocycles. The van der Waals surface area contributed by atoms with Crippen LogP contribution in [0.3, 0.4) is 0 Å². The first kappa shape index (κ1) is 9.25. The van der Waals surface area contributed by atoms with E-state index in [1.165, 1.54) is 5.56 Å². The van der Waals surface area contributed by atoms with Gasteiger partial charge in [-0.2, -0.15) is 0 Å². The van der Waals surface area contributed by atoms with Crippen LogP contribution in [-0.2, 0) is 4.79 Å². The first-order chi connectivity index (χ1) is 6.77. The molecule has 1 N–H and O–H groups in total. The fraction of sp³-hybridized carbons (Fsp3) is 0.417. The summed E-state index contributed by atoms with van der Waals surface area (Å²) < 4.78 is 0. The van der Waals surface area contributed by atoms with E-state index in [1.54, 1.807) is 0 Å². The van der Waals surface area contributed by atoms with E-state index >= 15 is 0 Å². The molecule has 2 heteroatoms. The van der Waals surface area contributed by atoms with E-state index in [0.29, 0.717) is 18.3 Å². The lowest BCUT2D eigenvalue weighted by Gasteiger charge is -2.29. The van der Waals surface area contributed by atoms with Crippen LogP contribution in [-0.4, -0.2) is 12.5 Å². The Morgan fingerprint density at radius 3 is 2.71 bits per heavy atom.